The van der Waals surface area contributed by atoms with Gasteiger partial charge in [-0.3, -0.25) is 75.5 Å². The fraction of sp³-hybridized carbons (Fsp3) is 0.556. The van der Waals surface area contributed by atoms with Crippen LogP contribution in [0.3, 0.4) is 0 Å². The first-order valence-electron chi connectivity index (χ1n) is 22.0. The molecule has 0 spiro atoms. The highest BCUT2D eigenvalue weighted by molar-refractivity contribution is 8.44. The summed E-state index contributed by atoms with van der Waals surface area (Å²) >= 11 is 14.4. The first kappa shape index (κ1) is 59.0. The number of nitrogens with zero attached hydrogens (tertiary/aromatic N) is 4. The second-order valence-electron chi connectivity index (χ2n) is 17.0. The molecule has 0 amide bonds. The Morgan fingerprint density at radius 2 is 0.779 bits per heavy atom. The molecule has 4 aromatic rings. The zero-order valence-corrected chi connectivity index (χ0v) is 43.6. The molecule has 0 saturated carbocycles. The SMILES string of the molecule is O=c1ccn([C@@H]2O[C@H](COP(O)(=S)O[C@H]3[C@@H](O)[C@H](n4ccc(=O)[nH]c4=O)O[C@@H]3COP(O)(=S)O[C@H]3[C@@H](O)[C@H](n4ccc(=O)[nH]c4=O)O[C@@H]3COP(=O)(S)O[C@H]3[C@@H](O)[C@H](n4ccc(=O)[nH]c4=O)O[C@@H]3CO)[C@@H](O)[C@H]2O)c(=O)[nH]1. The Hall–Kier alpha value is -4.12. The van der Waals surface area contributed by atoms with E-state index in [1.165, 1.54) is 0 Å². The molecular formula is C36H45N8O27P3S3. The number of hydrogen-bond acceptors (Lipinski definition) is 27. The summed E-state index contributed by atoms with van der Waals surface area (Å²) in [5, 5.41) is 65.5. The van der Waals surface area contributed by atoms with Crippen molar-refractivity contribution in [2.75, 3.05) is 26.4 Å². The predicted molar refractivity (Wildman–Crippen MR) is 260 cm³/mol. The minimum atomic E-state index is -4.85. The van der Waals surface area contributed by atoms with E-state index in [9.17, 15) is 83.3 Å². The Morgan fingerprint density at radius 1 is 0.481 bits per heavy atom. The maximum atomic E-state index is 13.7. The van der Waals surface area contributed by atoms with Crippen LogP contribution in [-0.4, -0.2) is 178 Å². The zero-order chi connectivity index (χ0) is 56.1. The largest absolute Gasteiger partial charge is 0.394 e. The molecule has 19 atom stereocenters. The quantitative estimate of drug-likeness (QED) is 0.0289. The summed E-state index contributed by atoms with van der Waals surface area (Å²) in [7, 11) is 0. The molecule has 3 unspecified atom stereocenters. The van der Waals surface area contributed by atoms with Gasteiger partial charge in [0, 0.05) is 49.1 Å². The average Bonchev–Trinajstić information content (AvgIpc) is 4.03. The standard InChI is InChI=1S/C36H45N8O27P3S3/c45-9-13-26(23(52)30(65-13)42-6-2-18(47)38-34(42)56)69-73(60,76)63-11-15-28(25(54)32(67-15)44-8-4-20(49)40-36(44)58)71-74(61,77)64-12-16-27(24(53)31(68-16)43-7-3-19(48)39-35(43)57)70-72(59,75)62-10-14-21(50)22(51)29(66-14)41-5-1-17(46)37-33(41)55/h1-8,13-16,21-32,45,50-54H,9-12H2,(H,59,75)(H,60,76)(H,61,77)(H,37,46,55)(H,38,47,56)(H,39,48,57)(H,40,49,58)/t13-,14-,15-,16-,21-,22-,23-,24-,25-,26-,27-,28-,29-,30-,31-,32-,72?,73?,74?/m1/s1. The number of nitrogens with one attached hydrogen (secondary N) is 4. The third kappa shape index (κ3) is 13.2. The molecule has 0 radical (unpaired) electrons. The lowest BCUT2D eigenvalue weighted by Gasteiger charge is -2.28. The molecule has 4 fully saturated rings. The molecule has 0 aromatic carbocycles. The lowest BCUT2D eigenvalue weighted by atomic mass is 10.1. The lowest BCUT2D eigenvalue weighted by molar-refractivity contribution is -0.0598. The van der Waals surface area contributed by atoms with E-state index < -0.39 is 190 Å². The van der Waals surface area contributed by atoms with Crippen LogP contribution in [0.15, 0.2) is 87.4 Å². The summed E-state index contributed by atoms with van der Waals surface area (Å²) in [6.07, 6.45) is -24.7. The highest BCUT2D eigenvalue weighted by Gasteiger charge is 2.53. The van der Waals surface area contributed by atoms with Gasteiger partial charge in [0.15, 0.2) is 24.9 Å². The highest BCUT2D eigenvalue weighted by atomic mass is 32.7. The van der Waals surface area contributed by atoms with E-state index in [4.69, 9.17) is 69.7 Å². The highest BCUT2D eigenvalue weighted by Crippen LogP contribution is 2.57. The van der Waals surface area contributed by atoms with Gasteiger partial charge >= 0.3 is 43.0 Å². The van der Waals surface area contributed by atoms with Crippen molar-refractivity contribution in [1.29, 1.82) is 0 Å². The number of thiol groups is 1. The Balaban J connectivity index is 0.983. The Morgan fingerprint density at radius 3 is 1.13 bits per heavy atom. The van der Waals surface area contributed by atoms with Crippen LogP contribution in [0.4, 0.5) is 0 Å². The molecule has 424 valence electrons. The van der Waals surface area contributed by atoms with E-state index in [1.54, 1.807) is 0 Å². The average molecular weight is 1210 g/mol. The molecule has 41 heteroatoms. The Kier molecular flexibility index (Phi) is 18.0. The number of aromatic amines is 4. The molecule has 8 heterocycles. The number of ether oxygens (including phenoxy) is 4. The molecule has 35 nitrogen and oxygen atoms in total. The molecule has 4 saturated heterocycles. The van der Waals surface area contributed by atoms with Crippen molar-refractivity contribution in [3.05, 3.63) is 132 Å². The van der Waals surface area contributed by atoms with Crippen molar-refractivity contribution in [2.24, 2.45) is 0 Å². The summed E-state index contributed by atoms with van der Waals surface area (Å²) in [6.45, 7) is -18.1. The van der Waals surface area contributed by atoms with Crippen LogP contribution in [0, 0.1) is 0 Å². The van der Waals surface area contributed by atoms with Crippen molar-refractivity contribution in [1.82, 2.24) is 38.2 Å². The van der Waals surface area contributed by atoms with E-state index in [2.05, 4.69) is 12.2 Å². The number of aliphatic hydroxyl groups excluding tert-OH is 6. The summed E-state index contributed by atoms with van der Waals surface area (Å²) in [6, 6.07) is 3.62. The topological polar surface area (TPSA) is 491 Å². The molecule has 77 heavy (non-hydrogen) atoms. The van der Waals surface area contributed by atoms with Gasteiger partial charge in [-0.1, -0.05) is 12.2 Å². The summed E-state index contributed by atoms with van der Waals surface area (Å²) in [5.41, 5.74) is -7.57. The number of aromatic nitrogens is 8. The molecular weight excluding hydrogens is 1170 g/mol. The van der Waals surface area contributed by atoms with Gasteiger partial charge in [0.2, 0.25) is 0 Å². The van der Waals surface area contributed by atoms with Gasteiger partial charge in [-0.15, -0.1) is 0 Å². The van der Waals surface area contributed by atoms with Gasteiger partial charge in [0.25, 0.3) is 22.2 Å². The molecule has 8 rings (SSSR count). The first-order chi connectivity index (χ1) is 36.2. The van der Waals surface area contributed by atoms with E-state index in [-0.39, 0.29) is 0 Å². The molecule has 4 aliphatic heterocycles. The third-order valence-electron chi connectivity index (χ3n) is 11.9. The summed E-state index contributed by atoms with van der Waals surface area (Å²) in [4.78, 5) is 128. The molecule has 0 aliphatic carbocycles. The normalized spacial score (nSPS) is 33.7. The van der Waals surface area contributed by atoms with Gasteiger partial charge in [0.05, 0.1) is 26.4 Å². The molecule has 0 bridgehead atoms. The van der Waals surface area contributed by atoms with Crippen LogP contribution < -0.4 is 45.0 Å². The van der Waals surface area contributed by atoms with E-state index >= 15 is 0 Å². The predicted octanol–water partition coefficient (Wildman–Crippen LogP) is -6.75. The van der Waals surface area contributed by atoms with E-state index in [1.807, 2.05) is 19.9 Å². The lowest BCUT2D eigenvalue weighted by Crippen LogP contribution is -2.39. The van der Waals surface area contributed by atoms with E-state index in [0.29, 0.717) is 9.13 Å². The smallest absolute Gasteiger partial charge is 0.386 e. The molecule has 4 aromatic heterocycles. The van der Waals surface area contributed by atoms with Gasteiger partial charge < -0.3 is 68.4 Å². The minimum absolute atomic E-state index is 0.682. The van der Waals surface area contributed by atoms with Crippen LogP contribution in [-0.2, 0) is 74.3 Å². The zero-order valence-electron chi connectivity index (χ0n) is 38.4. The van der Waals surface area contributed by atoms with Crippen LogP contribution in [0.25, 0.3) is 0 Å². The Labute approximate surface area is 440 Å². The molecule has 4 aliphatic rings. The maximum absolute atomic E-state index is 13.7. The van der Waals surface area contributed by atoms with Crippen LogP contribution >= 0.6 is 32.5 Å². The second-order valence-corrected chi connectivity index (χ2v) is 25.4. The third-order valence-corrected chi connectivity index (χ3v) is 16.7. The number of rotatable bonds is 20. The van der Waals surface area contributed by atoms with Crippen LogP contribution in [0.1, 0.15) is 24.9 Å². The summed E-state index contributed by atoms with van der Waals surface area (Å²) in [5.74, 6) is 0. The molecule has 12 N–H and O–H groups in total. The van der Waals surface area contributed by atoms with Crippen molar-refractivity contribution < 1.29 is 91.1 Å². The maximum Gasteiger partial charge on any atom is 0.386 e. The Bertz CT molecular complexity index is 3460. The fourth-order valence-corrected chi connectivity index (χ4v) is 12.7. The van der Waals surface area contributed by atoms with Crippen molar-refractivity contribution in [3.63, 3.8) is 0 Å². The van der Waals surface area contributed by atoms with Gasteiger partial charge in [-0.05, 0) is 23.6 Å². The number of hydrogen-bond donors (Lipinski definition) is 13. The number of aliphatic hydroxyl groups is 6. The van der Waals surface area contributed by atoms with Gasteiger partial charge in [0.1, 0.15) is 73.2 Å². The monoisotopic (exact) mass is 1210 g/mol. The van der Waals surface area contributed by atoms with Crippen molar-refractivity contribution in [3.8, 4) is 0 Å². The minimum Gasteiger partial charge on any atom is -0.394 e. The fourth-order valence-electron chi connectivity index (χ4n) is 8.32. The number of H-pyrrole nitrogens is 4. The van der Waals surface area contributed by atoms with E-state index in [0.717, 1.165) is 58.2 Å². The first-order valence-corrected chi connectivity index (χ1v) is 29.9. The van der Waals surface area contributed by atoms with Crippen LogP contribution in [0.2, 0.25) is 0 Å². The van der Waals surface area contributed by atoms with Crippen molar-refractivity contribution in [2.45, 2.75) is 98.2 Å². The van der Waals surface area contributed by atoms with Crippen LogP contribution in [0.5, 0.6) is 0 Å². The summed E-state index contributed by atoms with van der Waals surface area (Å²) < 4.78 is 72.5. The second kappa shape index (κ2) is 23.5. The van der Waals surface area contributed by atoms with Gasteiger partial charge in [-0.2, -0.15) is 0 Å². The van der Waals surface area contributed by atoms with Crippen molar-refractivity contribution >= 4 is 56.1 Å². The van der Waals surface area contributed by atoms with Gasteiger partial charge in [-0.25, -0.2) is 23.7 Å².